The smallest absolute Gasteiger partial charge is 0.312 e. The molecule has 0 radical (unpaired) electrons. The fraction of sp³-hybridized carbons (Fsp3) is 0.833. The molecule has 60 valence electrons. The topological polar surface area (TPSA) is 61.0 Å². The molecule has 0 unspecified atom stereocenters. The maximum Gasteiger partial charge on any atom is 0.312 e. The van der Waals surface area contributed by atoms with E-state index in [-0.39, 0.29) is 5.48 Å². The van der Waals surface area contributed by atoms with Gasteiger partial charge < -0.3 is 10.3 Å². The second kappa shape index (κ2) is 5.20. The summed E-state index contributed by atoms with van der Waals surface area (Å²) in [5.74, 6) is 0. The van der Waals surface area contributed by atoms with Gasteiger partial charge in [0.1, 0.15) is 0 Å². The third-order valence-corrected chi connectivity index (χ3v) is 1.51. The summed E-state index contributed by atoms with van der Waals surface area (Å²) in [6.45, 7) is 2.29. The molecular formula is C6H13NO3. The number of nitrogens with zero attached hydrogens (tertiary/aromatic N) is 1. The molecule has 1 heterocycles. The van der Waals surface area contributed by atoms with Crippen molar-refractivity contribution in [1.29, 1.82) is 0 Å². The highest BCUT2D eigenvalue weighted by Gasteiger charge is 2.09. The number of rotatable bonds is 2. The van der Waals surface area contributed by atoms with Crippen LogP contribution in [0.25, 0.3) is 0 Å². The molecule has 0 amide bonds. The van der Waals surface area contributed by atoms with Gasteiger partial charge in [-0.15, -0.1) is 5.06 Å². The van der Waals surface area contributed by atoms with E-state index in [1.165, 1.54) is 6.42 Å². The van der Waals surface area contributed by atoms with Crippen molar-refractivity contribution in [1.82, 2.24) is 5.06 Å². The lowest BCUT2D eigenvalue weighted by molar-refractivity contribution is -0.177. The monoisotopic (exact) mass is 147 g/mol. The largest absolute Gasteiger partial charge is 0.412 e. The van der Waals surface area contributed by atoms with Crippen molar-refractivity contribution < 1.29 is 15.1 Å². The van der Waals surface area contributed by atoms with E-state index in [1.54, 1.807) is 5.06 Å². The van der Waals surface area contributed by atoms with Crippen LogP contribution in [0.1, 0.15) is 19.3 Å². The van der Waals surface area contributed by atoms with Gasteiger partial charge in [-0.2, -0.15) is 0 Å². The molecule has 1 aliphatic heterocycles. The van der Waals surface area contributed by atoms with Gasteiger partial charge in [0.2, 0.25) is 0 Å². The van der Waals surface area contributed by atoms with Gasteiger partial charge in [0.05, 0.1) is 0 Å². The Hall–Kier alpha value is -0.610. The Morgan fingerprint density at radius 3 is 2.30 bits per heavy atom. The Morgan fingerprint density at radius 1 is 1.20 bits per heavy atom. The molecule has 1 aliphatic rings. The lowest BCUT2D eigenvalue weighted by atomic mass is 10.2. The number of carbonyl (C=O) groups excluding carboxylic acids is 1. The SMILES string of the molecule is O.O=CON1CCCCC1. The van der Waals surface area contributed by atoms with Crippen LogP contribution in [0, 0.1) is 0 Å². The van der Waals surface area contributed by atoms with E-state index in [9.17, 15) is 4.79 Å². The van der Waals surface area contributed by atoms with E-state index in [1.807, 2.05) is 0 Å². The average molecular weight is 147 g/mol. The molecule has 0 saturated carbocycles. The van der Waals surface area contributed by atoms with Crippen LogP contribution in [0.3, 0.4) is 0 Å². The molecule has 0 spiro atoms. The van der Waals surface area contributed by atoms with Crippen molar-refractivity contribution in [3.63, 3.8) is 0 Å². The Balaban J connectivity index is 0.000000810. The Labute approximate surface area is 60.0 Å². The lowest BCUT2D eigenvalue weighted by Crippen LogP contribution is -2.29. The molecule has 0 atom stereocenters. The summed E-state index contributed by atoms with van der Waals surface area (Å²) in [4.78, 5) is 14.4. The highest BCUT2D eigenvalue weighted by Crippen LogP contribution is 2.07. The van der Waals surface area contributed by atoms with Crippen LogP contribution < -0.4 is 0 Å². The van der Waals surface area contributed by atoms with Gasteiger partial charge >= 0.3 is 6.47 Å². The molecule has 0 bridgehead atoms. The summed E-state index contributed by atoms with van der Waals surface area (Å²) >= 11 is 0. The van der Waals surface area contributed by atoms with Crippen molar-refractivity contribution in [3.05, 3.63) is 0 Å². The highest BCUT2D eigenvalue weighted by molar-refractivity contribution is 5.36. The van der Waals surface area contributed by atoms with Gasteiger partial charge in [-0.25, -0.2) is 0 Å². The van der Waals surface area contributed by atoms with E-state index in [0.29, 0.717) is 6.47 Å². The summed E-state index contributed by atoms with van der Waals surface area (Å²) in [6.07, 6.45) is 3.56. The van der Waals surface area contributed by atoms with Crippen LogP contribution in [0.2, 0.25) is 0 Å². The Kier molecular flexibility index (Phi) is 4.88. The predicted octanol–water partition coefficient (Wildman–Crippen LogP) is -0.264. The Morgan fingerprint density at radius 2 is 1.80 bits per heavy atom. The maximum absolute atomic E-state index is 9.81. The van der Waals surface area contributed by atoms with E-state index in [0.717, 1.165) is 25.9 Å². The minimum atomic E-state index is 0. The molecule has 0 aromatic carbocycles. The molecule has 1 saturated heterocycles. The zero-order valence-electron chi connectivity index (χ0n) is 5.88. The molecule has 0 aromatic heterocycles. The van der Waals surface area contributed by atoms with Gasteiger partial charge in [-0.05, 0) is 12.8 Å². The fourth-order valence-corrected chi connectivity index (χ4v) is 1.03. The van der Waals surface area contributed by atoms with Crippen molar-refractivity contribution in [2.24, 2.45) is 0 Å². The molecule has 0 aromatic rings. The van der Waals surface area contributed by atoms with Gasteiger partial charge in [0.25, 0.3) is 0 Å². The first-order valence-corrected chi connectivity index (χ1v) is 3.29. The zero-order valence-corrected chi connectivity index (χ0v) is 5.88. The second-order valence-corrected chi connectivity index (χ2v) is 2.19. The van der Waals surface area contributed by atoms with Crippen molar-refractivity contribution in [2.45, 2.75) is 19.3 Å². The summed E-state index contributed by atoms with van der Waals surface area (Å²) in [5, 5.41) is 1.70. The van der Waals surface area contributed by atoms with Crippen LogP contribution in [0.5, 0.6) is 0 Å². The predicted molar refractivity (Wildman–Crippen MR) is 36.2 cm³/mol. The standard InChI is InChI=1S/C6H11NO2.H2O/c8-6-9-7-4-2-1-3-5-7;/h6H,1-5H2;1H2. The molecular weight excluding hydrogens is 134 g/mol. The molecule has 0 aliphatic carbocycles. The van der Waals surface area contributed by atoms with Gasteiger partial charge in [-0.1, -0.05) is 6.42 Å². The molecule has 4 nitrogen and oxygen atoms in total. The van der Waals surface area contributed by atoms with Gasteiger partial charge in [0.15, 0.2) is 0 Å². The van der Waals surface area contributed by atoms with Crippen molar-refractivity contribution in [2.75, 3.05) is 13.1 Å². The second-order valence-electron chi connectivity index (χ2n) is 2.19. The van der Waals surface area contributed by atoms with Crippen LogP contribution in [0.15, 0.2) is 0 Å². The molecule has 10 heavy (non-hydrogen) atoms. The number of hydroxylamine groups is 2. The van der Waals surface area contributed by atoms with Crippen LogP contribution >= 0.6 is 0 Å². The van der Waals surface area contributed by atoms with Gasteiger partial charge in [-0.3, -0.25) is 4.79 Å². The first-order valence-electron chi connectivity index (χ1n) is 3.29. The van der Waals surface area contributed by atoms with Crippen molar-refractivity contribution >= 4 is 6.47 Å². The van der Waals surface area contributed by atoms with Gasteiger partial charge in [0, 0.05) is 13.1 Å². The zero-order chi connectivity index (χ0) is 6.53. The molecule has 2 N–H and O–H groups in total. The number of hydrogen-bond acceptors (Lipinski definition) is 3. The quantitative estimate of drug-likeness (QED) is 0.505. The summed E-state index contributed by atoms with van der Waals surface area (Å²) in [6, 6.07) is 0. The lowest BCUT2D eigenvalue weighted by Gasteiger charge is -2.22. The number of piperidine rings is 1. The molecule has 1 rings (SSSR count). The van der Waals surface area contributed by atoms with Crippen molar-refractivity contribution in [3.8, 4) is 0 Å². The minimum Gasteiger partial charge on any atom is -0.412 e. The maximum atomic E-state index is 9.81. The Bertz CT molecular complexity index is 91.0. The van der Waals surface area contributed by atoms with Crippen LogP contribution in [0.4, 0.5) is 0 Å². The van der Waals surface area contributed by atoms with E-state index < -0.39 is 0 Å². The van der Waals surface area contributed by atoms with E-state index in [2.05, 4.69) is 4.84 Å². The first kappa shape index (κ1) is 9.39. The number of carbonyl (C=O) groups is 1. The van der Waals surface area contributed by atoms with Crippen LogP contribution in [-0.2, 0) is 9.63 Å². The normalized spacial score (nSPS) is 19.2. The average Bonchev–Trinajstić information content (AvgIpc) is 1.91. The van der Waals surface area contributed by atoms with E-state index >= 15 is 0 Å². The summed E-state index contributed by atoms with van der Waals surface area (Å²) in [7, 11) is 0. The first-order chi connectivity index (χ1) is 4.43. The molecule has 1 fully saturated rings. The molecule has 4 heteroatoms. The summed E-state index contributed by atoms with van der Waals surface area (Å²) in [5.41, 5.74) is 0. The van der Waals surface area contributed by atoms with E-state index in [4.69, 9.17) is 0 Å². The summed E-state index contributed by atoms with van der Waals surface area (Å²) < 4.78 is 0. The highest BCUT2D eigenvalue weighted by atomic mass is 16.7. The minimum absolute atomic E-state index is 0. The number of hydrogen-bond donors (Lipinski definition) is 0. The third-order valence-electron chi connectivity index (χ3n) is 1.51. The third kappa shape index (κ3) is 2.80. The van der Waals surface area contributed by atoms with Crippen LogP contribution in [-0.4, -0.2) is 30.1 Å². The fourth-order valence-electron chi connectivity index (χ4n) is 1.03.